The summed E-state index contributed by atoms with van der Waals surface area (Å²) < 4.78 is 16.9. The Morgan fingerprint density at radius 2 is 1.88 bits per heavy atom. The first kappa shape index (κ1) is 22.5. The number of rotatable bonds is 6. The predicted molar refractivity (Wildman–Crippen MR) is 127 cm³/mol. The molecule has 33 heavy (non-hydrogen) atoms. The first-order chi connectivity index (χ1) is 15.9. The standard InChI is InChI=1S/C25H23ClN2O5/c1-16(29)32-24-13-18(9-12-21(24)26)27-25(30)17-7-10-19(11-8-17)31-15-20-14-28(2)22-5-3-4-6-23(22)33-20/h3-13,20H,14-15H2,1-2H3,(H,27,30)/t20-/m0/s1. The molecule has 7 nitrogen and oxygen atoms in total. The van der Waals surface area contributed by atoms with Crippen LogP contribution < -0.4 is 24.4 Å². The summed E-state index contributed by atoms with van der Waals surface area (Å²) in [5, 5.41) is 3.04. The van der Waals surface area contributed by atoms with Crippen molar-refractivity contribution in [2.24, 2.45) is 0 Å². The SMILES string of the molecule is CC(=O)Oc1cc(NC(=O)c2ccc(OC[C@@H]3CN(C)c4ccccc4O3)cc2)ccc1Cl. The summed E-state index contributed by atoms with van der Waals surface area (Å²) in [4.78, 5) is 25.9. The lowest BCUT2D eigenvalue weighted by molar-refractivity contribution is -0.131. The minimum Gasteiger partial charge on any atom is -0.490 e. The van der Waals surface area contributed by atoms with Crippen LogP contribution in [-0.2, 0) is 4.79 Å². The van der Waals surface area contributed by atoms with Gasteiger partial charge >= 0.3 is 5.97 Å². The number of benzene rings is 3. The average molecular weight is 467 g/mol. The summed E-state index contributed by atoms with van der Waals surface area (Å²) >= 11 is 6.01. The Labute approximate surface area is 196 Å². The van der Waals surface area contributed by atoms with Gasteiger partial charge in [-0.05, 0) is 48.5 Å². The second kappa shape index (κ2) is 9.83. The van der Waals surface area contributed by atoms with Crippen molar-refractivity contribution in [1.29, 1.82) is 0 Å². The summed E-state index contributed by atoms with van der Waals surface area (Å²) in [5.41, 5.74) is 1.97. The maximum absolute atomic E-state index is 12.6. The number of hydrogen-bond acceptors (Lipinski definition) is 6. The molecule has 1 N–H and O–H groups in total. The van der Waals surface area contributed by atoms with E-state index >= 15 is 0 Å². The number of amides is 1. The fourth-order valence-electron chi connectivity index (χ4n) is 3.49. The van der Waals surface area contributed by atoms with Crippen LogP contribution in [0.5, 0.6) is 17.2 Å². The molecule has 1 heterocycles. The van der Waals surface area contributed by atoms with Gasteiger partial charge in [0.15, 0.2) is 5.75 Å². The van der Waals surface area contributed by atoms with Gasteiger partial charge in [0.25, 0.3) is 5.91 Å². The predicted octanol–water partition coefficient (Wildman–Crippen LogP) is 4.79. The van der Waals surface area contributed by atoms with Crippen LogP contribution in [0.2, 0.25) is 5.02 Å². The molecule has 0 fully saturated rings. The molecular weight excluding hydrogens is 444 g/mol. The number of hydrogen-bond donors (Lipinski definition) is 1. The summed E-state index contributed by atoms with van der Waals surface area (Å²) in [5.74, 6) is 0.854. The lowest BCUT2D eigenvalue weighted by Crippen LogP contribution is -2.41. The average Bonchev–Trinajstić information content (AvgIpc) is 2.80. The first-order valence-electron chi connectivity index (χ1n) is 10.4. The Kier molecular flexibility index (Phi) is 6.70. The third-order valence-electron chi connectivity index (χ3n) is 5.04. The van der Waals surface area contributed by atoms with E-state index in [-0.39, 0.29) is 22.8 Å². The van der Waals surface area contributed by atoms with Gasteiger partial charge in [0, 0.05) is 31.3 Å². The van der Waals surface area contributed by atoms with E-state index in [9.17, 15) is 9.59 Å². The van der Waals surface area contributed by atoms with E-state index < -0.39 is 5.97 Å². The van der Waals surface area contributed by atoms with Crippen molar-refractivity contribution < 1.29 is 23.8 Å². The van der Waals surface area contributed by atoms with Crippen molar-refractivity contribution in [2.45, 2.75) is 13.0 Å². The first-order valence-corrected chi connectivity index (χ1v) is 10.8. The Morgan fingerprint density at radius 1 is 1.12 bits per heavy atom. The highest BCUT2D eigenvalue weighted by molar-refractivity contribution is 6.32. The van der Waals surface area contributed by atoms with Gasteiger partial charge in [0.05, 0.1) is 17.3 Å². The molecule has 0 spiro atoms. The number of likely N-dealkylation sites (N-methyl/N-ethyl adjacent to an activating group) is 1. The molecule has 0 unspecified atom stereocenters. The maximum Gasteiger partial charge on any atom is 0.308 e. The highest BCUT2D eigenvalue weighted by Gasteiger charge is 2.23. The zero-order chi connectivity index (χ0) is 23.4. The van der Waals surface area contributed by atoms with Crippen LogP contribution in [0.4, 0.5) is 11.4 Å². The van der Waals surface area contributed by atoms with Crippen molar-refractivity contribution in [3.8, 4) is 17.2 Å². The Hall–Kier alpha value is -3.71. The van der Waals surface area contributed by atoms with Gasteiger partial charge in [-0.3, -0.25) is 9.59 Å². The quantitative estimate of drug-likeness (QED) is 0.415. The fraction of sp³-hybridized carbons (Fsp3) is 0.200. The molecule has 0 aromatic heterocycles. The number of para-hydroxylation sites is 2. The van der Waals surface area contributed by atoms with Gasteiger partial charge in [-0.1, -0.05) is 23.7 Å². The minimum absolute atomic E-state index is 0.107. The van der Waals surface area contributed by atoms with E-state index in [1.807, 2.05) is 31.3 Å². The van der Waals surface area contributed by atoms with Crippen molar-refractivity contribution in [3.63, 3.8) is 0 Å². The molecule has 0 saturated heterocycles. The van der Waals surface area contributed by atoms with E-state index in [4.69, 9.17) is 25.8 Å². The summed E-state index contributed by atoms with van der Waals surface area (Å²) in [6.45, 7) is 2.38. The van der Waals surface area contributed by atoms with Crippen molar-refractivity contribution >= 4 is 34.9 Å². The molecule has 8 heteroatoms. The lowest BCUT2D eigenvalue weighted by Gasteiger charge is -2.33. The molecule has 170 valence electrons. The van der Waals surface area contributed by atoms with E-state index in [1.165, 1.54) is 13.0 Å². The molecule has 1 aliphatic heterocycles. The number of halogens is 1. The lowest BCUT2D eigenvalue weighted by atomic mass is 10.2. The van der Waals surface area contributed by atoms with Crippen LogP contribution in [0.15, 0.2) is 66.7 Å². The van der Waals surface area contributed by atoms with Gasteiger partial charge in [0.2, 0.25) is 0 Å². The summed E-state index contributed by atoms with van der Waals surface area (Å²) in [6.07, 6.45) is -0.107. The van der Waals surface area contributed by atoms with Gasteiger partial charge in [0.1, 0.15) is 24.2 Å². The van der Waals surface area contributed by atoms with Crippen molar-refractivity contribution in [2.75, 3.05) is 30.4 Å². The molecule has 0 saturated carbocycles. The minimum atomic E-state index is -0.495. The third kappa shape index (κ3) is 5.56. The Bertz CT molecular complexity index is 1170. The molecule has 0 bridgehead atoms. The van der Waals surface area contributed by atoms with Gasteiger partial charge < -0.3 is 24.4 Å². The van der Waals surface area contributed by atoms with Crippen LogP contribution in [0.3, 0.4) is 0 Å². The van der Waals surface area contributed by atoms with Crippen LogP contribution in [0, 0.1) is 0 Å². The molecule has 1 amide bonds. The topological polar surface area (TPSA) is 77.1 Å². The number of anilines is 2. The molecule has 1 aliphatic rings. The molecule has 3 aromatic rings. The third-order valence-corrected chi connectivity index (χ3v) is 5.36. The number of nitrogens with zero attached hydrogens (tertiary/aromatic N) is 1. The molecule has 3 aromatic carbocycles. The van der Waals surface area contributed by atoms with Crippen LogP contribution in [-0.4, -0.2) is 38.2 Å². The monoisotopic (exact) mass is 466 g/mol. The van der Waals surface area contributed by atoms with E-state index in [1.54, 1.807) is 36.4 Å². The molecular formula is C25H23ClN2O5. The number of carbonyl (C=O) groups excluding carboxylic acids is 2. The van der Waals surface area contributed by atoms with Crippen LogP contribution in [0.1, 0.15) is 17.3 Å². The van der Waals surface area contributed by atoms with E-state index in [2.05, 4.69) is 10.2 Å². The largest absolute Gasteiger partial charge is 0.490 e. The summed E-state index contributed by atoms with van der Waals surface area (Å²) in [6, 6.07) is 19.4. The molecule has 0 radical (unpaired) electrons. The zero-order valence-corrected chi connectivity index (χ0v) is 19.0. The fourth-order valence-corrected chi connectivity index (χ4v) is 3.64. The van der Waals surface area contributed by atoms with E-state index in [0.29, 0.717) is 30.2 Å². The number of fused-ring (bicyclic) bond motifs is 1. The second-order valence-corrected chi connectivity index (χ2v) is 8.02. The van der Waals surface area contributed by atoms with E-state index in [0.717, 1.165) is 11.4 Å². The Balaban J connectivity index is 1.34. The Morgan fingerprint density at radius 3 is 2.64 bits per heavy atom. The van der Waals surface area contributed by atoms with Crippen molar-refractivity contribution in [1.82, 2.24) is 0 Å². The van der Waals surface area contributed by atoms with Crippen LogP contribution in [0.25, 0.3) is 0 Å². The van der Waals surface area contributed by atoms with Gasteiger partial charge in [-0.15, -0.1) is 0 Å². The highest BCUT2D eigenvalue weighted by atomic mass is 35.5. The molecule has 0 aliphatic carbocycles. The number of carbonyl (C=O) groups is 2. The molecule has 1 atom stereocenters. The number of esters is 1. The zero-order valence-electron chi connectivity index (χ0n) is 18.2. The maximum atomic E-state index is 12.6. The highest BCUT2D eigenvalue weighted by Crippen LogP contribution is 2.32. The van der Waals surface area contributed by atoms with Gasteiger partial charge in [-0.2, -0.15) is 0 Å². The van der Waals surface area contributed by atoms with Crippen LogP contribution >= 0.6 is 11.6 Å². The smallest absolute Gasteiger partial charge is 0.308 e. The van der Waals surface area contributed by atoms with Crippen molar-refractivity contribution in [3.05, 3.63) is 77.3 Å². The molecule has 4 rings (SSSR count). The number of ether oxygens (including phenoxy) is 3. The van der Waals surface area contributed by atoms with Gasteiger partial charge in [-0.25, -0.2) is 0 Å². The summed E-state index contributed by atoms with van der Waals surface area (Å²) in [7, 11) is 2.03. The normalized spacial score (nSPS) is 14.6. The second-order valence-electron chi connectivity index (χ2n) is 7.62. The number of nitrogens with one attached hydrogen (secondary N) is 1.